The smallest absolute Gasteiger partial charge is 0.238 e. The van der Waals surface area contributed by atoms with E-state index in [0.29, 0.717) is 0 Å². The number of primary sulfonamides is 1. The van der Waals surface area contributed by atoms with Gasteiger partial charge >= 0.3 is 0 Å². The number of thiazole rings is 2. The zero-order valence-electron chi connectivity index (χ0n) is 11.7. The zero-order chi connectivity index (χ0) is 15.7. The van der Waals surface area contributed by atoms with Gasteiger partial charge in [0.25, 0.3) is 0 Å². The van der Waals surface area contributed by atoms with Gasteiger partial charge in [0.1, 0.15) is 5.01 Å². The minimum Gasteiger partial charge on any atom is -0.249 e. The molecule has 0 aliphatic carbocycles. The van der Waals surface area contributed by atoms with E-state index < -0.39 is 10.0 Å². The molecule has 114 valence electrons. The summed E-state index contributed by atoms with van der Waals surface area (Å²) in [6, 6.07) is 6.55. The largest absolute Gasteiger partial charge is 0.249 e. The minimum absolute atomic E-state index is 0.112. The molecule has 22 heavy (non-hydrogen) atoms. The Morgan fingerprint density at radius 1 is 1.18 bits per heavy atom. The van der Waals surface area contributed by atoms with Gasteiger partial charge < -0.3 is 0 Å². The monoisotopic (exact) mass is 351 g/mol. The van der Waals surface area contributed by atoms with Crippen LogP contribution in [-0.2, 0) is 16.4 Å². The highest BCUT2D eigenvalue weighted by molar-refractivity contribution is 7.89. The maximum absolute atomic E-state index is 11.3. The van der Waals surface area contributed by atoms with Crippen LogP contribution < -0.4 is 5.14 Å². The van der Waals surface area contributed by atoms with Crippen molar-refractivity contribution < 1.29 is 8.42 Å². The molecular formula is C14H13N3O2S3. The molecule has 3 aromatic rings. The third-order valence-corrected chi connectivity index (χ3v) is 5.99. The van der Waals surface area contributed by atoms with Crippen LogP contribution in [0.2, 0.25) is 0 Å². The SMILES string of the molecule is Cc1nc(Cc2nccs2)sc1-c1ccc(S(N)(=O)=O)cc1. The van der Waals surface area contributed by atoms with Crippen molar-refractivity contribution in [2.24, 2.45) is 5.14 Å². The van der Waals surface area contributed by atoms with Gasteiger partial charge in [-0.3, -0.25) is 0 Å². The second-order valence-corrected chi connectivity index (χ2v) is 8.32. The molecule has 0 saturated heterocycles. The lowest BCUT2D eigenvalue weighted by atomic mass is 10.2. The molecular weight excluding hydrogens is 338 g/mol. The molecule has 2 heterocycles. The van der Waals surface area contributed by atoms with Crippen molar-refractivity contribution >= 4 is 32.7 Å². The van der Waals surface area contributed by atoms with Crippen LogP contribution in [0.15, 0.2) is 40.7 Å². The summed E-state index contributed by atoms with van der Waals surface area (Å²) in [4.78, 5) is 9.99. The number of nitrogens with zero attached hydrogens (tertiary/aromatic N) is 2. The Kier molecular flexibility index (Phi) is 4.09. The third-order valence-electron chi connectivity index (χ3n) is 3.07. The quantitative estimate of drug-likeness (QED) is 0.783. The van der Waals surface area contributed by atoms with Crippen molar-refractivity contribution in [1.29, 1.82) is 0 Å². The Morgan fingerprint density at radius 3 is 2.50 bits per heavy atom. The standard InChI is InChI=1S/C14H13N3O2S3/c1-9-14(10-2-4-11(5-3-10)22(15,18)19)21-13(17-9)8-12-16-6-7-20-12/h2-7H,8H2,1H3,(H2,15,18,19). The van der Waals surface area contributed by atoms with Crippen LogP contribution in [0.3, 0.4) is 0 Å². The van der Waals surface area contributed by atoms with E-state index in [9.17, 15) is 8.42 Å². The summed E-state index contributed by atoms with van der Waals surface area (Å²) >= 11 is 3.21. The van der Waals surface area contributed by atoms with Gasteiger partial charge in [0.15, 0.2) is 0 Å². The number of aromatic nitrogens is 2. The van der Waals surface area contributed by atoms with Gasteiger partial charge in [0, 0.05) is 11.6 Å². The Hall–Kier alpha value is -1.61. The molecule has 0 aliphatic heterocycles. The molecule has 1 aromatic carbocycles. The molecule has 2 N–H and O–H groups in total. The highest BCUT2D eigenvalue weighted by atomic mass is 32.2. The second kappa shape index (κ2) is 5.88. The maximum atomic E-state index is 11.3. The van der Waals surface area contributed by atoms with Crippen molar-refractivity contribution in [3.8, 4) is 10.4 Å². The molecule has 0 atom stereocenters. The van der Waals surface area contributed by atoms with Crippen molar-refractivity contribution in [2.75, 3.05) is 0 Å². The van der Waals surface area contributed by atoms with Gasteiger partial charge in [-0.2, -0.15) is 0 Å². The van der Waals surface area contributed by atoms with Gasteiger partial charge in [0.2, 0.25) is 10.0 Å². The summed E-state index contributed by atoms with van der Waals surface area (Å²) in [6.45, 7) is 1.95. The fourth-order valence-corrected chi connectivity index (χ4v) is 4.36. The number of rotatable bonds is 4. The van der Waals surface area contributed by atoms with E-state index in [4.69, 9.17) is 5.14 Å². The molecule has 0 amide bonds. The van der Waals surface area contributed by atoms with Crippen LogP contribution in [0.1, 0.15) is 15.7 Å². The Balaban J connectivity index is 1.90. The van der Waals surface area contributed by atoms with Crippen LogP contribution in [-0.4, -0.2) is 18.4 Å². The van der Waals surface area contributed by atoms with E-state index >= 15 is 0 Å². The number of nitrogens with two attached hydrogens (primary N) is 1. The number of benzene rings is 1. The van der Waals surface area contributed by atoms with Crippen LogP contribution in [0.4, 0.5) is 0 Å². The first-order valence-electron chi connectivity index (χ1n) is 6.41. The first-order chi connectivity index (χ1) is 10.4. The van der Waals surface area contributed by atoms with Gasteiger partial charge in [-0.1, -0.05) is 12.1 Å². The molecule has 2 aromatic heterocycles. The highest BCUT2D eigenvalue weighted by Crippen LogP contribution is 2.31. The molecule has 3 rings (SSSR count). The summed E-state index contributed by atoms with van der Waals surface area (Å²) in [5.74, 6) is 0. The average molecular weight is 351 g/mol. The molecule has 5 nitrogen and oxygen atoms in total. The zero-order valence-corrected chi connectivity index (χ0v) is 14.1. The molecule has 8 heteroatoms. The first kappa shape index (κ1) is 15.3. The van der Waals surface area contributed by atoms with E-state index in [1.165, 1.54) is 12.1 Å². The van der Waals surface area contributed by atoms with E-state index in [1.54, 1.807) is 41.0 Å². The lowest BCUT2D eigenvalue weighted by Gasteiger charge is -2.01. The van der Waals surface area contributed by atoms with Crippen molar-refractivity contribution in [3.63, 3.8) is 0 Å². The van der Waals surface area contributed by atoms with E-state index in [2.05, 4.69) is 9.97 Å². The summed E-state index contributed by atoms with van der Waals surface area (Å²) in [7, 11) is -3.66. The Bertz CT molecular complexity index is 882. The summed E-state index contributed by atoms with van der Waals surface area (Å²) < 4.78 is 22.6. The molecule has 0 saturated carbocycles. The average Bonchev–Trinajstić information content (AvgIpc) is 3.08. The van der Waals surface area contributed by atoms with Crippen molar-refractivity contribution in [2.45, 2.75) is 18.2 Å². The van der Waals surface area contributed by atoms with Crippen LogP contribution >= 0.6 is 22.7 Å². The number of aryl methyl sites for hydroxylation is 1. The fourth-order valence-electron chi connectivity index (χ4n) is 2.06. The molecule has 0 unspecified atom stereocenters. The highest BCUT2D eigenvalue weighted by Gasteiger charge is 2.13. The number of sulfonamides is 1. The minimum atomic E-state index is -3.66. The van der Waals surface area contributed by atoms with E-state index in [-0.39, 0.29) is 4.90 Å². The van der Waals surface area contributed by atoms with E-state index in [1.807, 2.05) is 12.3 Å². The van der Waals surface area contributed by atoms with Crippen molar-refractivity contribution in [3.05, 3.63) is 51.6 Å². The van der Waals surface area contributed by atoms with Gasteiger partial charge in [0.05, 0.1) is 26.9 Å². The molecule has 0 spiro atoms. The van der Waals surface area contributed by atoms with Crippen LogP contribution in [0, 0.1) is 6.92 Å². The normalized spacial score (nSPS) is 11.7. The summed E-state index contributed by atoms with van der Waals surface area (Å²) in [5, 5.41) is 9.09. The van der Waals surface area contributed by atoms with Gasteiger partial charge in [-0.25, -0.2) is 23.5 Å². The van der Waals surface area contributed by atoms with Crippen LogP contribution in [0.5, 0.6) is 0 Å². The molecule has 0 radical (unpaired) electrons. The van der Waals surface area contributed by atoms with Gasteiger partial charge in [-0.15, -0.1) is 22.7 Å². The third kappa shape index (κ3) is 3.25. The Labute approximate surface area is 136 Å². The summed E-state index contributed by atoms with van der Waals surface area (Å²) in [5.41, 5.74) is 1.87. The predicted octanol–water partition coefficient (Wildman–Crippen LogP) is 2.81. The number of hydrogen-bond acceptors (Lipinski definition) is 6. The topological polar surface area (TPSA) is 85.9 Å². The van der Waals surface area contributed by atoms with Crippen LogP contribution in [0.25, 0.3) is 10.4 Å². The Morgan fingerprint density at radius 2 is 1.91 bits per heavy atom. The molecule has 0 fully saturated rings. The van der Waals surface area contributed by atoms with Crippen molar-refractivity contribution in [1.82, 2.24) is 9.97 Å². The fraction of sp³-hybridized carbons (Fsp3) is 0.143. The second-order valence-electron chi connectivity index (χ2n) is 4.69. The maximum Gasteiger partial charge on any atom is 0.238 e. The lowest BCUT2D eigenvalue weighted by Crippen LogP contribution is -2.11. The summed E-state index contributed by atoms with van der Waals surface area (Å²) in [6.07, 6.45) is 2.51. The lowest BCUT2D eigenvalue weighted by molar-refractivity contribution is 0.598. The van der Waals surface area contributed by atoms with Gasteiger partial charge in [-0.05, 0) is 24.6 Å². The number of hydrogen-bond donors (Lipinski definition) is 1. The first-order valence-corrected chi connectivity index (χ1v) is 9.65. The molecule has 0 aliphatic rings. The molecule has 0 bridgehead atoms. The predicted molar refractivity (Wildman–Crippen MR) is 88.6 cm³/mol. The van der Waals surface area contributed by atoms with E-state index in [0.717, 1.165) is 32.6 Å².